The van der Waals surface area contributed by atoms with Crippen LogP contribution >= 0.6 is 0 Å². The summed E-state index contributed by atoms with van der Waals surface area (Å²) in [7, 11) is 4.14. The van der Waals surface area contributed by atoms with Gasteiger partial charge >= 0.3 is 0 Å². The molecule has 30 heavy (non-hydrogen) atoms. The Kier molecular flexibility index (Phi) is 6.73. The molecule has 1 atom stereocenters. The van der Waals surface area contributed by atoms with Crippen molar-refractivity contribution in [3.8, 4) is 0 Å². The third kappa shape index (κ3) is 4.86. The Morgan fingerprint density at radius 2 is 1.73 bits per heavy atom. The summed E-state index contributed by atoms with van der Waals surface area (Å²) in [6, 6.07) is 17.8. The zero-order chi connectivity index (χ0) is 20.9. The number of fused-ring (bicyclic) bond motifs is 1. The molecule has 1 N–H and O–H groups in total. The van der Waals surface area contributed by atoms with E-state index in [-0.39, 0.29) is 17.9 Å². The van der Waals surface area contributed by atoms with Gasteiger partial charge in [-0.1, -0.05) is 55.7 Å². The smallest absolute Gasteiger partial charge is 0.223 e. The van der Waals surface area contributed by atoms with Crippen molar-refractivity contribution in [3.63, 3.8) is 0 Å². The second-order valence-electron chi connectivity index (χ2n) is 9.07. The van der Waals surface area contributed by atoms with E-state index < -0.39 is 0 Å². The predicted molar refractivity (Wildman–Crippen MR) is 124 cm³/mol. The van der Waals surface area contributed by atoms with Crippen LogP contribution < -0.4 is 10.2 Å². The number of nitrogens with zero attached hydrogens (tertiary/aromatic N) is 2. The molecule has 0 radical (unpaired) electrons. The maximum atomic E-state index is 12.8. The Hall–Kier alpha value is -2.33. The van der Waals surface area contributed by atoms with Gasteiger partial charge in [0.1, 0.15) is 0 Å². The van der Waals surface area contributed by atoms with Crippen molar-refractivity contribution in [2.45, 2.75) is 51.1 Å². The van der Waals surface area contributed by atoms with Crippen LogP contribution in [0, 0.1) is 5.92 Å². The number of anilines is 1. The highest BCUT2D eigenvalue weighted by molar-refractivity contribution is 5.78. The van der Waals surface area contributed by atoms with Gasteiger partial charge in [-0.25, -0.2) is 0 Å². The molecule has 0 aromatic heterocycles. The average molecular weight is 406 g/mol. The van der Waals surface area contributed by atoms with E-state index in [0.717, 1.165) is 32.4 Å². The Bertz CT molecular complexity index is 840. The monoisotopic (exact) mass is 405 g/mol. The van der Waals surface area contributed by atoms with E-state index in [1.54, 1.807) is 0 Å². The van der Waals surface area contributed by atoms with E-state index >= 15 is 0 Å². The molecule has 0 bridgehead atoms. The first kappa shape index (κ1) is 20.9. The third-order valence-corrected chi connectivity index (χ3v) is 6.84. The van der Waals surface area contributed by atoms with E-state index in [1.165, 1.54) is 41.6 Å². The summed E-state index contributed by atoms with van der Waals surface area (Å²) >= 11 is 0. The molecule has 0 saturated heterocycles. The van der Waals surface area contributed by atoms with Crippen LogP contribution in [-0.2, 0) is 17.8 Å². The molecular weight excluding hydrogens is 370 g/mol. The fourth-order valence-electron chi connectivity index (χ4n) is 4.94. The number of hydrogen-bond donors (Lipinski definition) is 1. The van der Waals surface area contributed by atoms with Crippen LogP contribution in [0.3, 0.4) is 0 Å². The Morgan fingerprint density at radius 1 is 1.03 bits per heavy atom. The highest BCUT2D eigenvalue weighted by atomic mass is 16.1. The molecule has 4 rings (SSSR count). The summed E-state index contributed by atoms with van der Waals surface area (Å²) in [4.78, 5) is 17.5. The summed E-state index contributed by atoms with van der Waals surface area (Å²) in [6.45, 7) is 2.64. The molecule has 2 aromatic carbocycles. The van der Waals surface area contributed by atoms with Gasteiger partial charge in [0.25, 0.3) is 0 Å². The number of amides is 1. The van der Waals surface area contributed by atoms with Crippen molar-refractivity contribution >= 4 is 11.6 Å². The van der Waals surface area contributed by atoms with Crippen LogP contribution in [-0.4, -0.2) is 38.0 Å². The van der Waals surface area contributed by atoms with Crippen LogP contribution in [0.15, 0.2) is 48.5 Å². The molecule has 1 unspecified atom stereocenters. The lowest BCUT2D eigenvalue weighted by Gasteiger charge is -2.36. The summed E-state index contributed by atoms with van der Waals surface area (Å²) in [5, 5.41) is 3.32. The molecule has 1 fully saturated rings. The lowest BCUT2D eigenvalue weighted by Crippen LogP contribution is -2.42. The quantitative estimate of drug-likeness (QED) is 0.766. The molecule has 2 aromatic rings. The average Bonchev–Trinajstić information content (AvgIpc) is 2.80. The first-order chi connectivity index (χ1) is 14.6. The van der Waals surface area contributed by atoms with Crippen molar-refractivity contribution in [2.24, 2.45) is 5.92 Å². The molecule has 0 spiro atoms. The first-order valence-electron chi connectivity index (χ1n) is 11.5. The highest BCUT2D eigenvalue weighted by Crippen LogP contribution is 2.29. The minimum Gasteiger partial charge on any atom is -0.378 e. The fourth-order valence-corrected chi connectivity index (χ4v) is 4.94. The number of hydrogen-bond acceptors (Lipinski definition) is 3. The third-order valence-electron chi connectivity index (χ3n) is 6.84. The number of rotatable bonds is 6. The molecule has 1 saturated carbocycles. The van der Waals surface area contributed by atoms with Crippen LogP contribution in [0.1, 0.15) is 54.8 Å². The summed E-state index contributed by atoms with van der Waals surface area (Å²) in [5.41, 5.74) is 5.36. The topological polar surface area (TPSA) is 35.6 Å². The van der Waals surface area contributed by atoms with E-state index in [9.17, 15) is 4.79 Å². The standard InChI is InChI=1S/C26H35N3O/c1-28(2)24-14-12-21(13-15-24)25(18-27-26(30)22-9-4-3-5-10-22)29-17-16-20-8-6-7-11-23(20)19-29/h6-8,11-15,22,25H,3-5,9-10,16-19H2,1-2H3,(H,27,30). The second kappa shape index (κ2) is 9.65. The Morgan fingerprint density at radius 3 is 2.43 bits per heavy atom. The van der Waals surface area contributed by atoms with Crippen molar-refractivity contribution in [2.75, 3.05) is 32.1 Å². The van der Waals surface area contributed by atoms with Gasteiger partial charge in [0.2, 0.25) is 5.91 Å². The van der Waals surface area contributed by atoms with Crippen molar-refractivity contribution < 1.29 is 4.79 Å². The fraction of sp³-hybridized carbons (Fsp3) is 0.500. The zero-order valence-corrected chi connectivity index (χ0v) is 18.4. The molecule has 1 aliphatic heterocycles. The van der Waals surface area contributed by atoms with Crippen LogP contribution in [0.5, 0.6) is 0 Å². The van der Waals surface area contributed by atoms with Crippen molar-refractivity contribution in [3.05, 3.63) is 65.2 Å². The van der Waals surface area contributed by atoms with Crippen molar-refractivity contribution in [1.29, 1.82) is 0 Å². The van der Waals surface area contributed by atoms with E-state index in [0.29, 0.717) is 6.54 Å². The maximum Gasteiger partial charge on any atom is 0.223 e. The zero-order valence-electron chi connectivity index (χ0n) is 18.4. The molecule has 1 amide bonds. The van der Waals surface area contributed by atoms with E-state index in [4.69, 9.17) is 0 Å². The minimum atomic E-state index is 0.196. The molecular formula is C26H35N3O. The molecule has 160 valence electrons. The normalized spacial score (nSPS) is 18.5. The van der Waals surface area contributed by atoms with Gasteiger partial charge < -0.3 is 10.2 Å². The van der Waals surface area contributed by atoms with Gasteiger partial charge in [-0.3, -0.25) is 9.69 Å². The second-order valence-corrected chi connectivity index (χ2v) is 9.07. The maximum absolute atomic E-state index is 12.8. The highest BCUT2D eigenvalue weighted by Gasteiger charge is 2.27. The van der Waals surface area contributed by atoms with Crippen LogP contribution in [0.4, 0.5) is 5.69 Å². The number of carbonyl (C=O) groups excluding carboxylic acids is 1. The van der Waals surface area contributed by atoms with Gasteiger partial charge in [-0.15, -0.1) is 0 Å². The van der Waals surface area contributed by atoms with Gasteiger partial charge in [0, 0.05) is 45.3 Å². The van der Waals surface area contributed by atoms with E-state index in [1.807, 2.05) is 0 Å². The van der Waals surface area contributed by atoms with Gasteiger partial charge in [0.15, 0.2) is 0 Å². The lowest BCUT2D eigenvalue weighted by molar-refractivity contribution is -0.126. The molecule has 1 heterocycles. The number of carbonyl (C=O) groups is 1. The molecule has 1 aliphatic carbocycles. The summed E-state index contributed by atoms with van der Waals surface area (Å²) in [6.07, 6.45) is 6.82. The van der Waals surface area contributed by atoms with Gasteiger partial charge in [0.05, 0.1) is 6.04 Å². The SMILES string of the molecule is CN(C)c1ccc(C(CNC(=O)C2CCCCC2)N2CCc3ccccc3C2)cc1. The van der Waals surface area contributed by atoms with Gasteiger partial charge in [-0.05, 0) is 48.1 Å². The largest absolute Gasteiger partial charge is 0.378 e. The molecule has 4 nitrogen and oxygen atoms in total. The van der Waals surface area contributed by atoms with Gasteiger partial charge in [-0.2, -0.15) is 0 Å². The number of nitrogens with one attached hydrogen (secondary N) is 1. The van der Waals surface area contributed by atoms with Crippen molar-refractivity contribution in [1.82, 2.24) is 10.2 Å². The Labute approximate surface area is 181 Å². The predicted octanol–water partition coefficient (Wildman–Crippen LogP) is 4.55. The molecule has 4 heteroatoms. The molecule has 2 aliphatic rings. The van der Waals surface area contributed by atoms with Crippen LogP contribution in [0.25, 0.3) is 0 Å². The summed E-state index contributed by atoms with van der Waals surface area (Å²) in [5.74, 6) is 0.458. The Balaban J connectivity index is 1.51. The van der Waals surface area contributed by atoms with E-state index in [2.05, 4.69) is 77.7 Å². The first-order valence-corrected chi connectivity index (χ1v) is 11.5. The van der Waals surface area contributed by atoms with Crippen LogP contribution in [0.2, 0.25) is 0 Å². The lowest BCUT2D eigenvalue weighted by atomic mass is 9.88. The minimum absolute atomic E-state index is 0.196. The number of benzene rings is 2. The summed E-state index contributed by atoms with van der Waals surface area (Å²) < 4.78 is 0.